The van der Waals surface area contributed by atoms with E-state index in [1.807, 2.05) is 97.0 Å². The van der Waals surface area contributed by atoms with E-state index in [1.165, 1.54) is 91.5 Å². The molecule has 0 aliphatic heterocycles. The van der Waals surface area contributed by atoms with E-state index in [1.54, 1.807) is 44.4 Å². The normalized spacial score (nSPS) is 10.1. The van der Waals surface area contributed by atoms with E-state index in [0.29, 0.717) is 28.0 Å². The lowest BCUT2D eigenvalue weighted by atomic mass is 9.82. The summed E-state index contributed by atoms with van der Waals surface area (Å²) < 4.78 is 16.4. The minimum atomic E-state index is -0.875. The molecule has 1 N–H and O–H groups in total. The van der Waals surface area contributed by atoms with Crippen LogP contribution in [0.15, 0.2) is 164 Å². The Labute approximate surface area is 528 Å². The van der Waals surface area contributed by atoms with Crippen LogP contribution < -0.4 is 14.2 Å². The first-order valence-corrected chi connectivity index (χ1v) is 29.6. The lowest BCUT2D eigenvalue weighted by Gasteiger charge is -2.23. The highest BCUT2D eigenvalue weighted by Gasteiger charge is 2.22. The first kappa shape index (κ1) is 75.7. The molecule has 0 spiro atoms. The van der Waals surface area contributed by atoms with E-state index in [9.17, 15) is 19.7 Å². The van der Waals surface area contributed by atoms with E-state index in [2.05, 4.69) is 171 Å². The van der Waals surface area contributed by atoms with Crippen LogP contribution in [-0.4, -0.2) is 43.1 Å². The van der Waals surface area contributed by atoms with Crippen molar-refractivity contribution in [2.45, 2.75) is 136 Å². The number of ketones is 1. The predicted molar refractivity (Wildman–Crippen MR) is 366 cm³/mol. The third kappa shape index (κ3) is 28.9. The minimum absolute atomic E-state index is 0.0302. The number of hydrogen-bond acceptors (Lipinski definition) is 7. The van der Waals surface area contributed by atoms with E-state index in [4.69, 9.17) is 30.9 Å². The smallest absolute Gasteiger partial charge is 0.335 e. The van der Waals surface area contributed by atoms with Gasteiger partial charge in [0.15, 0.2) is 17.3 Å². The highest BCUT2D eigenvalue weighted by atomic mass is 127. The fraction of sp³-hybridized carbons (Fsp3) is 0.324. The monoisotopic (exact) mass is 1290 g/mol. The molecule has 85 heavy (non-hydrogen) atoms. The fourth-order valence-corrected chi connectivity index (χ4v) is 8.37. The van der Waals surface area contributed by atoms with Gasteiger partial charge in [0.05, 0.1) is 37.9 Å². The van der Waals surface area contributed by atoms with Crippen molar-refractivity contribution in [1.82, 2.24) is 0 Å². The van der Waals surface area contributed by atoms with Crippen molar-refractivity contribution in [3.8, 4) is 17.2 Å². The quantitative estimate of drug-likeness (QED) is 0.0690. The molecule has 8 rings (SSSR count). The highest BCUT2D eigenvalue weighted by molar-refractivity contribution is 14.1. The Kier molecular flexibility index (Phi) is 33.8. The molecule has 0 radical (unpaired) electrons. The summed E-state index contributed by atoms with van der Waals surface area (Å²) in [6.07, 6.45) is 1.19. The zero-order valence-electron chi connectivity index (χ0n) is 54.3. The van der Waals surface area contributed by atoms with Crippen molar-refractivity contribution >= 4 is 51.6 Å². The van der Waals surface area contributed by atoms with Crippen molar-refractivity contribution in [2.24, 2.45) is 5.41 Å². The molecule has 0 bridgehead atoms. The molecule has 0 heterocycles. The van der Waals surface area contributed by atoms with Crippen molar-refractivity contribution in [3.63, 3.8) is 0 Å². The maximum Gasteiger partial charge on any atom is 0.335 e. The molecule has 0 amide bonds. The Balaban J connectivity index is 0.000000489. The third-order valence-electron chi connectivity index (χ3n) is 13.6. The van der Waals surface area contributed by atoms with E-state index < -0.39 is 10.9 Å². The number of carbonyl (C=O) groups is 2. The fourth-order valence-electron chi connectivity index (χ4n) is 7.45. The first-order valence-electron chi connectivity index (χ1n) is 28.2. The molecule has 0 saturated carbocycles. The average Bonchev–Trinajstić information content (AvgIpc) is 3.54. The summed E-state index contributed by atoms with van der Waals surface area (Å²) in [5, 5.41) is 19.9. The van der Waals surface area contributed by atoms with Gasteiger partial charge >= 0.3 is 5.97 Å². The van der Waals surface area contributed by atoms with Crippen LogP contribution in [-0.2, 0) is 5.41 Å². The van der Waals surface area contributed by atoms with Gasteiger partial charge in [-0.1, -0.05) is 202 Å². The lowest BCUT2D eigenvalue weighted by Crippen LogP contribution is -2.19. The number of nitrogens with zero attached hydrogens (tertiary/aromatic N) is 1. The van der Waals surface area contributed by atoms with E-state index >= 15 is 0 Å². The van der Waals surface area contributed by atoms with Gasteiger partial charge in [-0.25, -0.2) is 4.79 Å². The first-order chi connectivity index (χ1) is 39.7. The molecule has 0 aliphatic rings. The van der Waals surface area contributed by atoms with Gasteiger partial charge in [-0.05, 0) is 193 Å². The molecule has 0 aliphatic carbocycles. The molecule has 0 unspecified atom stereocenters. The average molecular weight is 1290 g/mol. The van der Waals surface area contributed by atoms with Crippen LogP contribution in [0.25, 0.3) is 0 Å². The number of nitro groups is 1. The molecule has 0 atom stereocenters. The Hall–Kier alpha value is -7.28. The van der Waals surface area contributed by atoms with Crippen LogP contribution in [0.4, 0.5) is 5.69 Å². The number of carboxylic acids is 1. The van der Waals surface area contributed by atoms with Gasteiger partial charge in [0, 0.05) is 25.1 Å². The zero-order valence-corrected chi connectivity index (χ0v) is 57.2. The molecule has 0 aromatic heterocycles. The minimum Gasteiger partial charge on any atom is -0.496 e. The highest BCUT2D eigenvalue weighted by Crippen LogP contribution is 2.34. The van der Waals surface area contributed by atoms with Crippen LogP contribution in [0.1, 0.15) is 141 Å². The Morgan fingerprint density at radius 1 is 0.494 bits per heavy atom. The number of ether oxygens (including phenoxy) is 3. The molecule has 8 aromatic rings. The number of rotatable bonds is 8. The van der Waals surface area contributed by atoms with Gasteiger partial charge in [-0.15, -0.1) is 0 Å². The van der Waals surface area contributed by atoms with E-state index in [-0.39, 0.29) is 16.9 Å². The van der Waals surface area contributed by atoms with Crippen molar-refractivity contribution in [3.05, 3.63) is 266 Å². The van der Waals surface area contributed by atoms with Gasteiger partial charge < -0.3 is 19.3 Å². The summed E-state index contributed by atoms with van der Waals surface area (Å²) >= 11 is 8.12. The summed E-state index contributed by atoms with van der Waals surface area (Å²) in [5.41, 5.74) is 17.1. The van der Waals surface area contributed by atoms with Crippen molar-refractivity contribution in [1.29, 1.82) is 0 Å². The maximum absolute atomic E-state index is 11.8. The van der Waals surface area contributed by atoms with Crippen LogP contribution in [0.5, 0.6) is 17.2 Å². The molecule has 0 saturated heterocycles. The van der Waals surface area contributed by atoms with Gasteiger partial charge in [0.25, 0.3) is 5.69 Å². The number of aryl methyl sites for hydroxylation is 11. The van der Waals surface area contributed by atoms with Crippen LogP contribution in [0.3, 0.4) is 0 Å². The van der Waals surface area contributed by atoms with Crippen LogP contribution >= 0.6 is 34.2 Å². The van der Waals surface area contributed by atoms with Gasteiger partial charge in [-0.3, -0.25) is 14.9 Å². The summed E-state index contributed by atoms with van der Waals surface area (Å²) in [7, 11) is 4.62. The Morgan fingerprint density at radius 3 is 1.31 bits per heavy atom. The molecular formula is C74H93ClINO8. The topological polar surface area (TPSA) is 125 Å². The Bertz CT molecular complexity index is 3290. The van der Waals surface area contributed by atoms with Crippen LogP contribution in [0, 0.1) is 102 Å². The summed E-state index contributed by atoms with van der Waals surface area (Å²) in [4.78, 5) is 32.2. The predicted octanol–water partition coefficient (Wildman–Crippen LogP) is 21.0. The summed E-state index contributed by atoms with van der Waals surface area (Å²) in [5.74, 6) is 1.15. The number of aromatic carboxylic acids is 1. The molecular weight excluding hydrogens is 1190 g/mol. The maximum atomic E-state index is 11.8. The van der Waals surface area contributed by atoms with Gasteiger partial charge in [0.2, 0.25) is 0 Å². The molecule has 9 nitrogen and oxygen atoms in total. The number of carbonyl (C=O) groups excluding carboxylic acids is 1. The second kappa shape index (κ2) is 37.9. The number of Topliss-reactive ketones (excluding diaryl/α,β-unsaturated/α-hetero) is 1. The second-order valence-corrected chi connectivity index (χ2v) is 24.2. The number of carboxylic acid groups (broad SMARTS) is 1. The van der Waals surface area contributed by atoms with Crippen molar-refractivity contribution in [2.75, 3.05) is 21.3 Å². The number of methoxy groups -OCH3 is 3. The molecule has 11 heteroatoms. The lowest BCUT2D eigenvalue weighted by molar-refractivity contribution is -0.385. The zero-order chi connectivity index (χ0) is 64.8. The number of hydrogen-bond donors (Lipinski definition) is 1. The number of nitro benzene ring substituents is 1. The Morgan fingerprint density at radius 2 is 0.929 bits per heavy atom. The summed E-state index contributed by atoms with van der Waals surface area (Å²) in [6.45, 7) is 37.1. The second-order valence-electron chi connectivity index (χ2n) is 22.5. The SMILES string of the molecule is CCC(C)(C)c1ccc(C)cc1.COc1cc(C)c([N+](=O)[O-])cc1OC.COc1ccc(C)cc1C.Cc1ccc(C(=O)C(C)(C)C)cc1.Cc1ccc(C(=O)O)cc1.Cc1ccc(C)c(C)c1.Cc1cccc(Cl)c1C.Cc1cccc(I)c1. The van der Waals surface area contributed by atoms with Gasteiger partial charge in [0.1, 0.15) is 5.75 Å². The standard InChI is InChI=1S/C12H16O.C12H18.C9H11NO4.C9H12O.C9H12.C8H9Cl.C8H8O2.C7H7I/c1-9-5-7-10(8-6-9)11(13)12(2,3)4;1-5-12(3,4)11-8-6-10(2)7-9-11;1-6-4-8(13-2)9(14-3)5-7(6)10(11)12;1-7-4-5-9(10-3)8(2)6-7;1-7-4-5-8(2)9(3)6-7;1-6-4-3-5-8(9)7(6)2;1-6-2-4-7(5-3-6)8(9)10;1-6-3-2-4-7(8)5-6/h5-8H,1-4H3;6-9H,5H2,1-4H3;4-5H,1-3H3;4-6H,1-3H3;4-6H,1-3H3;3-5H,1-2H3;2-5H,1H3,(H,9,10);2-5H,1H3. The number of halogens is 2. The molecule has 456 valence electrons. The largest absolute Gasteiger partial charge is 0.496 e. The van der Waals surface area contributed by atoms with Crippen molar-refractivity contribution < 1.29 is 33.8 Å². The van der Waals surface area contributed by atoms with Gasteiger partial charge in [-0.2, -0.15) is 0 Å². The third-order valence-corrected chi connectivity index (χ3v) is 14.7. The summed E-state index contributed by atoms with van der Waals surface area (Å²) in [6, 6.07) is 53.2. The molecule has 0 fully saturated rings. The number of benzene rings is 8. The van der Waals surface area contributed by atoms with Crippen LogP contribution in [0.2, 0.25) is 5.02 Å². The molecule has 8 aromatic carbocycles. The van der Waals surface area contributed by atoms with E-state index in [0.717, 1.165) is 21.9 Å².